The Morgan fingerprint density at radius 2 is 2.47 bits per heavy atom. The van der Waals surface area contributed by atoms with Crippen LogP contribution >= 0.6 is 11.7 Å². The maximum atomic E-state index is 4.33. The molecule has 1 unspecified atom stereocenters. The van der Waals surface area contributed by atoms with Crippen LogP contribution in [0.15, 0.2) is 18.6 Å². The Kier molecular flexibility index (Phi) is 3.08. The van der Waals surface area contributed by atoms with Crippen molar-refractivity contribution in [1.29, 1.82) is 0 Å². The van der Waals surface area contributed by atoms with Crippen LogP contribution in [0.3, 0.4) is 0 Å². The fraction of sp³-hybridized carbons (Fsp3) is 0.444. The molecule has 15 heavy (non-hydrogen) atoms. The van der Waals surface area contributed by atoms with Gasteiger partial charge in [0.2, 0.25) is 0 Å². The third-order valence-corrected chi connectivity index (χ3v) is 2.69. The minimum absolute atomic E-state index is 0.0359. The zero-order chi connectivity index (χ0) is 10.7. The highest BCUT2D eigenvalue weighted by Gasteiger charge is 2.19. The summed E-state index contributed by atoms with van der Waals surface area (Å²) in [5, 5.41) is 3.35. The summed E-state index contributed by atoms with van der Waals surface area (Å²) in [6.45, 7) is 2.94. The summed E-state index contributed by atoms with van der Waals surface area (Å²) >= 11 is 1.22. The second kappa shape index (κ2) is 4.50. The predicted octanol–water partition coefficient (Wildman–Crippen LogP) is 0.971. The first-order valence-corrected chi connectivity index (χ1v) is 5.54. The molecule has 1 N–H and O–H groups in total. The van der Waals surface area contributed by atoms with Crippen molar-refractivity contribution in [2.24, 2.45) is 7.05 Å². The number of nitrogens with one attached hydrogen (secondary N) is 1. The van der Waals surface area contributed by atoms with Crippen LogP contribution in [0.2, 0.25) is 0 Å². The van der Waals surface area contributed by atoms with Crippen molar-refractivity contribution in [2.45, 2.75) is 13.0 Å². The molecule has 1 atom stereocenters. The lowest BCUT2D eigenvalue weighted by Gasteiger charge is -2.14. The summed E-state index contributed by atoms with van der Waals surface area (Å²) in [6.07, 6.45) is 5.51. The van der Waals surface area contributed by atoms with E-state index in [1.807, 2.05) is 17.8 Å². The van der Waals surface area contributed by atoms with Gasteiger partial charge >= 0.3 is 0 Å². The molecule has 2 aromatic heterocycles. The molecule has 6 heteroatoms. The quantitative estimate of drug-likeness (QED) is 0.839. The lowest BCUT2D eigenvalue weighted by molar-refractivity contribution is 0.568. The predicted molar refractivity (Wildman–Crippen MR) is 58.6 cm³/mol. The van der Waals surface area contributed by atoms with Crippen molar-refractivity contribution < 1.29 is 0 Å². The Morgan fingerprint density at radius 1 is 1.60 bits per heavy atom. The van der Waals surface area contributed by atoms with Crippen LogP contribution in [0.4, 0.5) is 0 Å². The Balaban J connectivity index is 2.32. The second-order valence-corrected chi connectivity index (χ2v) is 3.78. The van der Waals surface area contributed by atoms with Crippen molar-refractivity contribution >= 4 is 11.7 Å². The van der Waals surface area contributed by atoms with E-state index in [4.69, 9.17) is 0 Å². The minimum Gasteiger partial charge on any atom is -0.336 e. The van der Waals surface area contributed by atoms with E-state index < -0.39 is 0 Å². The van der Waals surface area contributed by atoms with E-state index in [2.05, 4.69) is 26.0 Å². The molecule has 2 heterocycles. The summed E-state index contributed by atoms with van der Waals surface area (Å²) in [4.78, 5) is 4.33. The summed E-state index contributed by atoms with van der Waals surface area (Å²) < 4.78 is 10.3. The van der Waals surface area contributed by atoms with E-state index in [1.54, 1.807) is 12.4 Å². The van der Waals surface area contributed by atoms with Crippen LogP contribution in [0, 0.1) is 0 Å². The van der Waals surface area contributed by atoms with Crippen LogP contribution in [-0.2, 0) is 7.05 Å². The SMILES string of the molecule is CCNC(c1cnsn1)c1nccn1C. The molecule has 0 fully saturated rings. The summed E-state index contributed by atoms with van der Waals surface area (Å²) in [5.41, 5.74) is 0.927. The topological polar surface area (TPSA) is 55.6 Å². The smallest absolute Gasteiger partial charge is 0.131 e. The van der Waals surface area contributed by atoms with Gasteiger partial charge in [0.25, 0.3) is 0 Å². The van der Waals surface area contributed by atoms with Gasteiger partial charge in [-0.2, -0.15) is 8.75 Å². The molecular formula is C9H13N5S. The monoisotopic (exact) mass is 223 g/mol. The molecule has 0 saturated heterocycles. The first-order valence-electron chi connectivity index (χ1n) is 4.81. The molecule has 0 aliphatic heterocycles. The molecule has 0 spiro atoms. The molecule has 0 radical (unpaired) electrons. The largest absolute Gasteiger partial charge is 0.336 e. The molecule has 0 saturated carbocycles. The molecule has 80 valence electrons. The first-order chi connectivity index (χ1) is 7.33. The first kappa shape index (κ1) is 10.3. The number of aryl methyl sites for hydroxylation is 1. The van der Waals surface area contributed by atoms with E-state index in [0.717, 1.165) is 18.1 Å². The fourth-order valence-corrected chi connectivity index (χ4v) is 1.94. The van der Waals surface area contributed by atoms with Gasteiger partial charge in [0.15, 0.2) is 0 Å². The Morgan fingerprint density at radius 3 is 3.00 bits per heavy atom. The Bertz CT molecular complexity index is 408. The summed E-state index contributed by atoms with van der Waals surface area (Å²) in [6, 6.07) is 0.0359. The maximum Gasteiger partial charge on any atom is 0.131 e. The van der Waals surface area contributed by atoms with Crippen LogP contribution in [0.1, 0.15) is 24.5 Å². The normalized spacial score (nSPS) is 12.9. The van der Waals surface area contributed by atoms with Gasteiger partial charge in [-0.1, -0.05) is 6.92 Å². The number of hydrogen-bond donors (Lipinski definition) is 1. The average Bonchev–Trinajstić information content (AvgIpc) is 2.85. The number of imidazole rings is 1. The molecule has 0 aliphatic rings. The fourth-order valence-electron chi connectivity index (χ4n) is 1.49. The van der Waals surface area contributed by atoms with Crippen LogP contribution in [-0.4, -0.2) is 24.8 Å². The van der Waals surface area contributed by atoms with Gasteiger partial charge in [-0.3, -0.25) is 0 Å². The van der Waals surface area contributed by atoms with Gasteiger partial charge < -0.3 is 9.88 Å². The molecule has 0 aliphatic carbocycles. The van der Waals surface area contributed by atoms with Gasteiger partial charge in [0, 0.05) is 19.4 Å². The van der Waals surface area contributed by atoms with Crippen molar-refractivity contribution in [1.82, 2.24) is 23.6 Å². The zero-order valence-corrected chi connectivity index (χ0v) is 9.53. The maximum absolute atomic E-state index is 4.33. The molecule has 2 aromatic rings. The standard InChI is InChI=1S/C9H13N5S/c1-3-10-8(7-6-12-15-13-7)9-11-4-5-14(9)2/h4-6,8,10H,3H2,1-2H3. The molecule has 0 aromatic carbocycles. The Hall–Kier alpha value is -1.27. The summed E-state index contributed by atoms with van der Waals surface area (Å²) in [5.74, 6) is 0.963. The Labute approximate surface area is 92.5 Å². The van der Waals surface area contributed by atoms with Crippen molar-refractivity contribution in [3.63, 3.8) is 0 Å². The number of nitrogens with zero attached hydrogens (tertiary/aromatic N) is 4. The van der Waals surface area contributed by atoms with Gasteiger partial charge in [-0.05, 0) is 6.54 Å². The van der Waals surface area contributed by atoms with Crippen molar-refractivity contribution in [3.8, 4) is 0 Å². The highest BCUT2D eigenvalue weighted by molar-refractivity contribution is 6.99. The van der Waals surface area contributed by atoms with Crippen LogP contribution in [0.5, 0.6) is 0 Å². The highest BCUT2D eigenvalue weighted by Crippen LogP contribution is 2.18. The number of rotatable bonds is 4. The second-order valence-electron chi connectivity index (χ2n) is 3.22. The molecule has 0 amide bonds. The minimum atomic E-state index is 0.0359. The van der Waals surface area contributed by atoms with Crippen LogP contribution in [0.25, 0.3) is 0 Å². The third kappa shape index (κ3) is 2.05. The van der Waals surface area contributed by atoms with E-state index in [9.17, 15) is 0 Å². The molecule has 2 rings (SSSR count). The van der Waals surface area contributed by atoms with Gasteiger partial charge in [-0.25, -0.2) is 4.98 Å². The van der Waals surface area contributed by atoms with E-state index in [1.165, 1.54) is 11.7 Å². The highest BCUT2D eigenvalue weighted by atomic mass is 32.1. The third-order valence-electron chi connectivity index (χ3n) is 2.20. The molecule has 5 nitrogen and oxygen atoms in total. The van der Waals surface area contributed by atoms with Crippen molar-refractivity contribution in [3.05, 3.63) is 30.1 Å². The van der Waals surface area contributed by atoms with Crippen molar-refractivity contribution in [2.75, 3.05) is 6.54 Å². The van der Waals surface area contributed by atoms with E-state index in [-0.39, 0.29) is 6.04 Å². The average molecular weight is 223 g/mol. The molecular weight excluding hydrogens is 210 g/mol. The summed E-state index contributed by atoms with van der Waals surface area (Å²) in [7, 11) is 1.98. The van der Waals surface area contributed by atoms with E-state index in [0.29, 0.717) is 0 Å². The number of hydrogen-bond acceptors (Lipinski definition) is 5. The van der Waals surface area contributed by atoms with Gasteiger partial charge in [0.05, 0.1) is 23.6 Å². The van der Waals surface area contributed by atoms with Gasteiger partial charge in [0.1, 0.15) is 11.9 Å². The lowest BCUT2D eigenvalue weighted by Crippen LogP contribution is -2.25. The lowest BCUT2D eigenvalue weighted by atomic mass is 10.2. The zero-order valence-electron chi connectivity index (χ0n) is 8.71. The van der Waals surface area contributed by atoms with E-state index >= 15 is 0 Å². The number of aromatic nitrogens is 4. The van der Waals surface area contributed by atoms with Crippen LogP contribution < -0.4 is 5.32 Å². The van der Waals surface area contributed by atoms with Gasteiger partial charge in [-0.15, -0.1) is 0 Å². The molecule has 0 bridgehead atoms.